The number of anilines is 1. The van der Waals surface area contributed by atoms with E-state index < -0.39 is 6.04 Å². The van der Waals surface area contributed by atoms with Crippen LogP contribution in [0.3, 0.4) is 0 Å². The molecule has 1 aliphatic heterocycles. The molecule has 0 aromatic heterocycles. The summed E-state index contributed by atoms with van der Waals surface area (Å²) in [4.78, 5) is 40.7. The highest BCUT2D eigenvalue weighted by atomic mass is 16.5. The van der Waals surface area contributed by atoms with Crippen LogP contribution in [0.25, 0.3) is 0 Å². The number of amides is 3. The van der Waals surface area contributed by atoms with Crippen molar-refractivity contribution in [2.24, 2.45) is 5.92 Å². The van der Waals surface area contributed by atoms with Gasteiger partial charge in [0.05, 0.1) is 12.7 Å². The van der Waals surface area contributed by atoms with Gasteiger partial charge in [-0.15, -0.1) is 0 Å². The number of rotatable bonds is 8. The minimum atomic E-state index is -0.569. The summed E-state index contributed by atoms with van der Waals surface area (Å²) in [6.45, 7) is 2.28. The molecule has 4 rings (SSSR count). The van der Waals surface area contributed by atoms with Gasteiger partial charge in [0, 0.05) is 24.3 Å². The van der Waals surface area contributed by atoms with Crippen molar-refractivity contribution >= 4 is 23.4 Å². The van der Waals surface area contributed by atoms with E-state index in [2.05, 4.69) is 10.6 Å². The predicted molar refractivity (Wildman–Crippen MR) is 133 cm³/mol. The Morgan fingerprint density at radius 1 is 1.06 bits per heavy atom. The largest absolute Gasteiger partial charge is 0.496 e. The fraction of sp³-hybridized carbons (Fsp3) is 0.444. The zero-order valence-electron chi connectivity index (χ0n) is 20.3. The van der Waals surface area contributed by atoms with Crippen LogP contribution in [-0.2, 0) is 9.59 Å². The lowest BCUT2D eigenvalue weighted by atomic mass is 9.84. The maximum atomic E-state index is 13.7. The van der Waals surface area contributed by atoms with Gasteiger partial charge in [0.2, 0.25) is 5.91 Å². The highest BCUT2D eigenvalue weighted by Crippen LogP contribution is 2.41. The average Bonchev–Trinajstić information content (AvgIpc) is 3.27. The summed E-state index contributed by atoms with van der Waals surface area (Å²) in [6, 6.07) is 13.6. The molecule has 3 amide bonds. The van der Waals surface area contributed by atoms with Crippen LogP contribution in [0.5, 0.6) is 11.5 Å². The van der Waals surface area contributed by atoms with Gasteiger partial charge in [-0.25, -0.2) is 0 Å². The van der Waals surface area contributed by atoms with Gasteiger partial charge < -0.3 is 25.0 Å². The second-order valence-corrected chi connectivity index (χ2v) is 9.04. The van der Waals surface area contributed by atoms with E-state index in [1.165, 1.54) is 0 Å². The number of hydrogen-bond acceptors (Lipinski definition) is 5. The molecule has 0 radical (unpaired) electrons. The second-order valence-electron chi connectivity index (χ2n) is 9.04. The van der Waals surface area contributed by atoms with Crippen molar-refractivity contribution in [2.75, 3.05) is 25.6 Å². The zero-order valence-corrected chi connectivity index (χ0v) is 20.3. The molecule has 2 aliphatic rings. The second kappa shape index (κ2) is 11.3. The molecule has 35 heavy (non-hydrogen) atoms. The van der Waals surface area contributed by atoms with Gasteiger partial charge >= 0.3 is 0 Å². The van der Waals surface area contributed by atoms with Gasteiger partial charge in [-0.05, 0) is 56.4 Å². The molecule has 3 atom stereocenters. The van der Waals surface area contributed by atoms with Crippen molar-refractivity contribution in [3.63, 3.8) is 0 Å². The Bertz CT molecular complexity index is 1070. The van der Waals surface area contributed by atoms with Crippen LogP contribution >= 0.6 is 0 Å². The number of nitrogens with zero attached hydrogens (tertiary/aromatic N) is 1. The number of hydrogen-bond donors (Lipinski definition) is 2. The number of fused-ring (bicyclic) bond motifs is 1. The van der Waals surface area contributed by atoms with E-state index in [0.717, 1.165) is 25.7 Å². The zero-order chi connectivity index (χ0) is 24.8. The lowest BCUT2D eigenvalue weighted by molar-refractivity contribution is -0.123. The molecule has 0 spiro atoms. The molecule has 1 saturated carbocycles. The minimum absolute atomic E-state index is 0.0451. The molecule has 2 aromatic rings. The SMILES string of the molecule is CCNC(=O)COc1cccc(NC(=O)C2CC3CCCCC3N2C(=O)c2ccccc2OC)c1. The summed E-state index contributed by atoms with van der Waals surface area (Å²) in [5, 5.41) is 5.65. The Morgan fingerprint density at radius 3 is 2.66 bits per heavy atom. The van der Waals surface area contributed by atoms with Crippen LogP contribution in [0.4, 0.5) is 5.69 Å². The third kappa shape index (κ3) is 5.58. The maximum Gasteiger partial charge on any atom is 0.258 e. The van der Waals surface area contributed by atoms with E-state index in [4.69, 9.17) is 9.47 Å². The van der Waals surface area contributed by atoms with Crippen molar-refractivity contribution < 1.29 is 23.9 Å². The number of methoxy groups -OCH3 is 1. The van der Waals surface area contributed by atoms with Crippen molar-refractivity contribution in [3.05, 3.63) is 54.1 Å². The molecular weight excluding hydrogens is 446 g/mol. The fourth-order valence-electron chi connectivity index (χ4n) is 5.23. The lowest BCUT2D eigenvalue weighted by Crippen LogP contribution is -2.48. The summed E-state index contributed by atoms with van der Waals surface area (Å²) in [6.07, 6.45) is 4.74. The van der Waals surface area contributed by atoms with E-state index in [-0.39, 0.29) is 30.4 Å². The van der Waals surface area contributed by atoms with Crippen LogP contribution in [-0.4, -0.2) is 55.0 Å². The highest BCUT2D eigenvalue weighted by molar-refractivity contribution is 6.03. The third-order valence-electron chi connectivity index (χ3n) is 6.81. The number of ether oxygens (including phenoxy) is 2. The quantitative estimate of drug-likeness (QED) is 0.603. The predicted octanol–water partition coefficient (Wildman–Crippen LogP) is 3.62. The molecule has 1 aliphatic carbocycles. The monoisotopic (exact) mass is 479 g/mol. The normalized spacial score (nSPS) is 21.1. The summed E-state index contributed by atoms with van der Waals surface area (Å²) in [5.74, 6) is 0.703. The molecule has 3 unspecified atom stereocenters. The summed E-state index contributed by atoms with van der Waals surface area (Å²) < 4.78 is 11.0. The molecular formula is C27H33N3O5. The number of likely N-dealkylation sites (N-methyl/N-ethyl adjacent to an activating group) is 1. The maximum absolute atomic E-state index is 13.7. The topological polar surface area (TPSA) is 97.0 Å². The van der Waals surface area contributed by atoms with Crippen molar-refractivity contribution in [1.29, 1.82) is 0 Å². The van der Waals surface area contributed by atoms with Gasteiger partial charge in [-0.2, -0.15) is 0 Å². The standard InChI is InChI=1S/C27H33N3O5/c1-3-28-25(31)17-35-20-11-8-10-19(16-20)29-26(32)23-15-18-9-4-6-13-22(18)30(23)27(33)21-12-5-7-14-24(21)34-2/h5,7-8,10-12,14,16,18,22-23H,3-4,6,9,13,15,17H2,1-2H3,(H,28,31)(H,29,32). The van der Waals surface area contributed by atoms with E-state index in [9.17, 15) is 14.4 Å². The summed E-state index contributed by atoms with van der Waals surface area (Å²) >= 11 is 0. The Kier molecular flexibility index (Phi) is 7.90. The number of nitrogens with one attached hydrogen (secondary N) is 2. The first-order valence-corrected chi connectivity index (χ1v) is 12.3. The molecule has 186 valence electrons. The van der Waals surface area contributed by atoms with Gasteiger partial charge in [0.25, 0.3) is 11.8 Å². The van der Waals surface area contributed by atoms with Crippen LogP contribution in [0.2, 0.25) is 0 Å². The van der Waals surface area contributed by atoms with Gasteiger partial charge in [0.1, 0.15) is 17.5 Å². The molecule has 8 nitrogen and oxygen atoms in total. The van der Waals surface area contributed by atoms with E-state index >= 15 is 0 Å². The first-order chi connectivity index (χ1) is 17.0. The number of likely N-dealkylation sites (tertiary alicyclic amines) is 1. The molecule has 1 heterocycles. The highest BCUT2D eigenvalue weighted by Gasteiger charge is 2.48. The molecule has 2 aromatic carbocycles. The lowest BCUT2D eigenvalue weighted by Gasteiger charge is -2.34. The minimum Gasteiger partial charge on any atom is -0.496 e. The van der Waals surface area contributed by atoms with Crippen molar-refractivity contribution in [3.8, 4) is 11.5 Å². The van der Waals surface area contributed by atoms with Crippen LogP contribution < -0.4 is 20.1 Å². The number of carbonyl (C=O) groups excluding carboxylic acids is 3. The molecule has 1 saturated heterocycles. The first kappa shape index (κ1) is 24.6. The van der Waals surface area contributed by atoms with E-state index in [1.54, 1.807) is 48.4 Å². The Balaban J connectivity index is 1.52. The van der Waals surface area contributed by atoms with Gasteiger partial charge in [0.15, 0.2) is 6.61 Å². The summed E-state index contributed by atoms with van der Waals surface area (Å²) in [5.41, 5.74) is 1.03. The van der Waals surface area contributed by atoms with Crippen LogP contribution in [0.15, 0.2) is 48.5 Å². The summed E-state index contributed by atoms with van der Waals surface area (Å²) in [7, 11) is 1.55. The fourth-order valence-corrected chi connectivity index (χ4v) is 5.23. The van der Waals surface area contributed by atoms with Crippen LogP contribution in [0, 0.1) is 5.92 Å². The average molecular weight is 480 g/mol. The van der Waals surface area contributed by atoms with Crippen molar-refractivity contribution in [2.45, 2.75) is 51.1 Å². The third-order valence-corrected chi connectivity index (χ3v) is 6.81. The molecule has 8 heteroatoms. The smallest absolute Gasteiger partial charge is 0.258 e. The molecule has 2 N–H and O–H groups in total. The van der Waals surface area contributed by atoms with E-state index in [0.29, 0.717) is 41.6 Å². The van der Waals surface area contributed by atoms with E-state index in [1.807, 2.05) is 19.1 Å². The Labute approximate surface area is 206 Å². The molecule has 0 bridgehead atoms. The number of benzene rings is 2. The Hall–Kier alpha value is -3.55. The first-order valence-electron chi connectivity index (χ1n) is 12.3. The Morgan fingerprint density at radius 2 is 1.86 bits per heavy atom. The van der Waals surface area contributed by atoms with Gasteiger partial charge in [-0.3, -0.25) is 14.4 Å². The van der Waals surface area contributed by atoms with Crippen molar-refractivity contribution in [1.82, 2.24) is 10.2 Å². The number of para-hydroxylation sites is 1. The number of carbonyl (C=O) groups is 3. The van der Waals surface area contributed by atoms with Crippen LogP contribution in [0.1, 0.15) is 49.4 Å². The molecule has 2 fully saturated rings. The van der Waals surface area contributed by atoms with Gasteiger partial charge in [-0.1, -0.05) is 31.0 Å².